The van der Waals surface area contributed by atoms with Gasteiger partial charge in [0, 0.05) is 0 Å². The molecule has 2 heterocycles. The first-order valence-corrected chi connectivity index (χ1v) is 5.69. The Hall–Kier alpha value is -1.49. The van der Waals surface area contributed by atoms with Crippen molar-refractivity contribution in [2.45, 2.75) is 31.5 Å². The number of esters is 1. The van der Waals surface area contributed by atoms with E-state index in [0.717, 1.165) is 5.57 Å². The second-order valence-electron chi connectivity index (χ2n) is 4.84. The minimum absolute atomic E-state index is 0.199. The molecule has 0 unspecified atom stereocenters. The van der Waals surface area contributed by atoms with Crippen LogP contribution in [0.1, 0.15) is 19.8 Å². The van der Waals surface area contributed by atoms with Gasteiger partial charge in [0.2, 0.25) is 0 Å². The number of hydrogen-bond donors (Lipinski definition) is 1. The summed E-state index contributed by atoms with van der Waals surface area (Å²) < 4.78 is 5.09. The number of carbonyl (C=O) groups excluding carboxylic acids is 3. The van der Waals surface area contributed by atoms with Gasteiger partial charge in [-0.15, -0.1) is 0 Å². The van der Waals surface area contributed by atoms with Crippen molar-refractivity contribution in [2.24, 2.45) is 11.8 Å². The summed E-state index contributed by atoms with van der Waals surface area (Å²) in [6.07, 6.45) is 1.16. The van der Waals surface area contributed by atoms with Crippen molar-refractivity contribution < 1.29 is 24.2 Å². The number of Topliss-reactive ketones (excluding diaryl/α,β-unsaturated/α-hetero) is 2. The van der Waals surface area contributed by atoms with E-state index in [2.05, 4.69) is 0 Å². The topological polar surface area (TPSA) is 80.7 Å². The highest BCUT2D eigenvalue weighted by Gasteiger charge is 2.66. The van der Waals surface area contributed by atoms with Crippen LogP contribution in [0.15, 0.2) is 11.6 Å². The zero-order valence-corrected chi connectivity index (χ0v) is 9.30. The molecule has 1 saturated heterocycles. The van der Waals surface area contributed by atoms with Crippen LogP contribution in [0, 0.1) is 11.8 Å². The highest BCUT2D eigenvalue weighted by molar-refractivity contribution is 6.13. The molecule has 0 aromatic rings. The van der Waals surface area contributed by atoms with Crippen LogP contribution in [0.4, 0.5) is 0 Å². The highest BCUT2D eigenvalue weighted by atomic mass is 16.6. The molecule has 2 aliphatic carbocycles. The lowest BCUT2D eigenvalue weighted by Gasteiger charge is -2.46. The Kier molecular flexibility index (Phi) is 1.91. The molecule has 4 aliphatic rings. The van der Waals surface area contributed by atoms with Gasteiger partial charge in [0.25, 0.3) is 0 Å². The largest absolute Gasteiger partial charge is 0.455 e. The number of rotatable bonds is 1. The van der Waals surface area contributed by atoms with Crippen LogP contribution in [-0.2, 0) is 19.1 Å². The molecule has 0 radical (unpaired) electrons. The average molecular weight is 236 g/mol. The molecule has 0 aromatic carbocycles. The summed E-state index contributed by atoms with van der Waals surface area (Å²) in [7, 11) is 0. The second-order valence-corrected chi connectivity index (χ2v) is 4.84. The predicted octanol–water partition coefficient (Wildman–Crippen LogP) is -0.233. The van der Waals surface area contributed by atoms with Crippen LogP contribution in [0.5, 0.6) is 0 Å². The van der Waals surface area contributed by atoms with Crippen molar-refractivity contribution >= 4 is 17.5 Å². The minimum atomic E-state index is -1.92. The maximum absolute atomic E-state index is 11.8. The molecule has 4 atom stereocenters. The first-order valence-electron chi connectivity index (χ1n) is 5.69. The number of fused-ring (bicyclic) bond motifs is 1. The monoisotopic (exact) mass is 236 g/mol. The van der Waals surface area contributed by atoms with E-state index < -0.39 is 29.5 Å². The van der Waals surface area contributed by atoms with Gasteiger partial charge in [0.1, 0.15) is 17.7 Å². The fourth-order valence-electron chi connectivity index (χ4n) is 3.18. The van der Waals surface area contributed by atoms with Gasteiger partial charge in [0.15, 0.2) is 5.60 Å². The van der Waals surface area contributed by atoms with E-state index in [1.54, 1.807) is 0 Å². The number of ketones is 2. The molecule has 4 rings (SSSR count). The molecule has 0 aromatic heterocycles. The summed E-state index contributed by atoms with van der Waals surface area (Å²) in [4.78, 5) is 35.2. The summed E-state index contributed by atoms with van der Waals surface area (Å²) in [6.45, 7) is 1.86. The van der Waals surface area contributed by atoms with Crippen molar-refractivity contribution in [3.63, 3.8) is 0 Å². The van der Waals surface area contributed by atoms with Gasteiger partial charge < -0.3 is 9.84 Å². The smallest absolute Gasteiger partial charge is 0.343 e. The standard InChI is InChI=1S/C12H12O5/c1-2-5-4-12(16)9-7(14)3-6(13)8(9)10(5)17-11(12)15/h4,8-10,16H,2-3H2,1H3/t8-,9+,10+,12+/m0/s1. The summed E-state index contributed by atoms with van der Waals surface area (Å²) >= 11 is 0. The molecular formula is C12H12O5. The summed E-state index contributed by atoms with van der Waals surface area (Å²) in [6, 6.07) is 0. The van der Waals surface area contributed by atoms with Crippen molar-refractivity contribution in [2.75, 3.05) is 0 Å². The van der Waals surface area contributed by atoms with Gasteiger partial charge in [-0.3, -0.25) is 9.59 Å². The second kappa shape index (κ2) is 3.04. The molecule has 2 bridgehead atoms. The molecule has 2 fully saturated rings. The Morgan fingerprint density at radius 3 is 2.76 bits per heavy atom. The lowest BCUT2D eigenvalue weighted by atomic mass is 9.67. The molecule has 1 saturated carbocycles. The Balaban J connectivity index is 2.19. The van der Waals surface area contributed by atoms with Gasteiger partial charge in [-0.2, -0.15) is 0 Å². The van der Waals surface area contributed by atoms with Gasteiger partial charge in [0.05, 0.1) is 18.3 Å². The molecule has 0 amide bonds. The quantitative estimate of drug-likeness (QED) is 0.386. The third-order valence-electron chi connectivity index (χ3n) is 3.97. The maximum Gasteiger partial charge on any atom is 0.343 e. The molecule has 1 N–H and O–H groups in total. The number of ether oxygens (including phenoxy) is 1. The number of carbonyl (C=O) groups is 3. The van der Waals surface area contributed by atoms with Crippen LogP contribution in [-0.4, -0.2) is 34.3 Å². The summed E-state index contributed by atoms with van der Waals surface area (Å²) in [5.41, 5.74) is -1.19. The third kappa shape index (κ3) is 1.10. The van der Waals surface area contributed by atoms with Crippen LogP contribution < -0.4 is 0 Å². The van der Waals surface area contributed by atoms with Gasteiger partial charge >= 0.3 is 5.97 Å². The number of aliphatic hydroxyl groups is 1. The van der Waals surface area contributed by atoms with Crippen LogP contribution in [0.2, 0.25) is 0 Å². The molecule has 90 valence electrons. The maximum atomic E-state index is 11.8. The Morgan fingerprint density at radius 2 is 2.12 bits per heavy atom. The van der Waals surface area contributed by atoms with Gasteiger partial charge in [-0.1, -0.05) is 6.92 Å². The molecule has 0 spiro atoms. The predicted molar refractivity (Wildman–Crippen MR) is 54.8 cm³/mol. The van der Waals surface area contributed by atoms with Crippen molar-refractivity contribution in [3.8, 4) is 0 Å². The first-order chi connectivity index (χ1) is 7.99. The molecule has 17 heavy (non-hydrogen) atoms. The van der Waals surface area contributed by atoms with Gasteiger partial charge in [-0.05, 0) is 18.1 Å². The lowest BCUT2D eigenvalue weighted by molar-refractivity contribution is -0.194. The van der Waals surface area contributed by atoms with E-state index in [1.807, 2.05) is 6.92 Å². The Morgan fingerprint density at radius 1 is 1.41 bits per heavy atom. The van der Waals surface area contributed by atoms with Crippen molar-refractivity contribution in [3.05, 3.63) is 11.6 Å². The summed E-state index contributed by atoms with van der Waals surface area (Å²) in [5.74, 6) is -2.99. The van der Waals surface area contributed by atoms with E-state index in [9.17, 15) is 19.5 Å². The first kappa shape index (κ1) is 10.7. The van der Waals surface area contributed by atoms with E-state index in [1.165, 1.54) is 6.08 Å². The zero-order valence-electron chi connectivity index (χ0n) is 9.30. The molecule has 2 aliphatic heterocycles. The van der Waals surface area contributed by atoms with E-state index >= 15 is 0 Å². The SMILES string of the molecule is CCC1=C[C@]2(O)C(=O)O[C@H]1[C@H]1C(=O)CC(=O)[C@H]12. The van der Waals surface area contributed by atoms with Crippen LogP contribution in [0.25, 0.3) is 0 Å². The average Bonchev–Trinajstić information content (AvgIpc) is 2.58. The van der Waals surface area contributed by atoms with E-state index in [-0.39, 0.29) is 18.0 Å². The van der Waals surface area contributed by atoms with Crippen LogP contribution >= 0.6 is 0 Å². The number of hydrogen-bond acceptors (Lipinski definition) is 5. The fraction of sp³-hybridized carbons (Fsp3) is 0.583. The third-order valence-corrected chi connectivity index (χ3v) is 3.97. The zero-order chi connectivity index (χ0) is 12.4. The highest BCUT2D eigenvalue weighted by Crippen LogP contribution is 2.49. The Bertz CT molecular complexity index is 477. The Labute approximate surface area is 97.4 Å². The van der Waals surface area contributed by atoms with E-state index in [0.29, 0.717) is 6.42 Å². The molecular weight excluding hydrogens is 224 g/mol. The lowest BCUT2D eigenvalue weighted by Crippen LogP contribution is -2.62. The fourth-order valence-corrected chi connectivity index (χ4v) is 3.18. The van der Waals surface area contributed by atoms with Crippen LogP contribution in [0.3, 0.4) is 0 Å². The minimum Gasteiger partial charge on any atom is -0.455 e. The van der Waals surface area contributed by atoms with E-state index in [4.69, 9.17) is 4.74 Å². The van der Waals surface area contributed by atoms with Crippen molar-refractivity contribution in [1.29, 1.82) is 0 Å². The summed E-state index contributed by atoms with van der Waals surface area (Å²) in [5, 5.41) is 10.3. The normalized spacial score (nSPS) is 43.5. The van der Waals surface area contributed by atoms with Crippen molar-refractivity contribution in [1.82, 2.24) is 0 Å². The van der Waals surface area contributed by atoms with Gasteiger partial charge in [-0.25, -0.2) is 4.79 Å². The molecule has 5 nitrogen and oxygen atoms in total. The molecule has 5 heteroatoms.